The first kappa shape index (κ1) is 19.7. The number of hydrogen-bond donors (Lipinski definition) is 1. The van der Waals surface area contributed by atoms with Gasteiger partial charge in [-0.2, -0.15) is 0 Å². The molecule has 146 valence electrons. The second-order valence-corrected chi connectivity index (χ2v) is 6.90. The number of aliphatic carboxylic acids is 1. The van der Waals surface area contributed by atoms with E-state index in [4.69, 9.17) is 9.15 Å². The fourth-order valence-electron chi connectivity index (χ4n) is 2.86. The second-order valence-electron chi connectivity index (χ2n) is 5.91. The summed E-state index contributed by atoms with van der Waals surface area (Å²) in [5, 5.41) is 18.2. The van der Waals surface area contributed by atoms with Crippen LogP contribution < -0.4 is 0 Å². The van der Waals surface area contributed by atoms with Crippen LogP contribution in [0.25, 0.3) is 17.0 Å². The minimum absolute atomic E-state index is 0.0331. The number of aryl methyl sites for hydroxylation is 1. The molecule has 0 fully saturated rings. The van der Waals surface area contributed by atoms with Gasteiger partial charge in [-0.05, 0) is 37.8 Å². The Balaban J connectivity index is 2.07. The number of benzene rings is 1. The van der Waals surface area contributed by atoms with Gasteiger partial charge in [0.2, 0.25) is 5.89 Å². The van der Waals surface area contributed by atoms with Crippen LogP contribution in [0.3, 0.4) is 0 Å². The van der Waals surface area contributed by atoms with Crippen LogP contribution in [0.2, 0.25) is 0 Å². The van der Waals surface area contributed by atoms with E-state index in [9.17, 15) is 14.7 Å². The average molecular weight is 401 g/mol. The summed E-state index contributed by atoms with van der Waals surface area (Å²) in [5.41, 5.74) is 2.29. The molecule has 0 spiro atoms. The molecule has 3 rings (SSSR count). The van der Waals surface area contributed by atoms with Gasteiger partial charge >= 0.3 is 11.9 Å². The lowest BCUT2D eigenvalue weighted by molar-refractivity contribution is -0.143. The number of thioether (sulfide) groups is 1. The van der Waals surface area contributed by atoms with Gasteiger partial charge < -0.3 is 18.8 Å². The van der Waals surface area contributed by atoms with Crippen molar-refractivity contribution < 1.29 is 23.8 Å². The predicted octanol–water partition coefficient (Wildman–Crippen LogP) is 3.42. The molecule has 9 heteroatoms. The molecule has 0 aliphatic carbocycles. The van der Waals surface area contributed by atoms with Crippen LogP contribution in [0.1, 0.15) is 24.1 Å². The molecule has 1 N–H and O–H groups in total. The first-order valence-electron chi connectivity index (χ1n) is 8.57. The Morgan fingerprint density at radius 1 is 1.29 bits per heavy atom. The first-order valence-corrected chi connectivity index (χ1v) is 9.38. The molecule has 0 aliphatic heterocycles. The van der Waals surface area contributed by atoms with Crippen molar-refractivity contribution in [2.24, 2.45) is 0 Å². The Bertz CT molecular complexity index is 1070. The van der Waals surface area contributed by atoms with Gasteiger partial charge in [0.15, 0.2) is 0 Å². The number of fused-ring (bicyclic) bond motifs is 1. The Kier molecular flexibility index (Phi) is 5.84. The van der Waals surface area contributed by atoms with Gasteiger partial charge in [0.1, 0.15) is 11.4 Å². The van der Waals surface area contributed by atoms with Crippen molar-refractivity contribution in [2.75, 3.05) is 6.61 Å². The van der Waals surface area contributed by atoms with Gasteiger partial charge in [-0.3, -0.25) is 4.79 Å². The first-order chi connectivity index (χ1) is 13.4. The molecule has 0 unspecified atom stereocenters. The third-order valence-corrected chi connectivity index (χ3v) is 4.92. The zero-order valence-corrected chi connectivity index (χ0v) is 16.4. The van der Waals surface area contributed by atoms with E-state index in [1.807, 2.05) is 35.8 Å². The number of carboxylic acids is 1. The Hall–Kier alpha value is -3.07. The van der Waals surface area contributed by atoms with Crippen molar-refractivity contribution in [1.29, 1.82) is 0 Å². The molecule has 2 heterocycles. The molecule has 0 amide bonds. The quantitative estimate of drug-likeness (QED) is 0.364. The van der Waals surface area contributed by atoms with Crippen molar-refractivity contribution in [3.8, 4) is 0 Å². The third-order valence-electron chi connectivity index (χ3n) is 4.06. The minimum Gasteiger partial charge on any atom is -0.477 e. The molecular formula is C19H19N3O5S. The van der Waals surface area contributed by atoms with E-state index < -0.39 is 5.97 Å². The predicted molar refractivity (Wildman–Crippen MR) is 104 cm³/mol. The average Bonchev–Trinajstić information content (AvgIpc) is 3.17. The zero-order valence-electron chi connectivity index (χ0n) is 15.6. The topological polar surface area (TPSA) is 107 Å². The van der Waals surface area contributed by atoms with Crippen LogP contribution in [0.15, 0.2) is 38.8 Å². The summed E-state index contributed by atoms with van der Waals surface area (Å²) in [4.78, 5) is 23.8. The summed E-state index contributed by atoms with van der Waals surface area (Å²) in [6.45, 7) is 5.57. The molecule has 0 saturated heterocycles. The molecule has 0 atom stereocenters. The number of ether oxygens (including phenoxy) is 1. The van der Waals surface area contributed by atoms with Gasteiger partial charge in [-0.1, -0.05) is 18.2 Å². The Labute approximate surface area is 165 Å². The summed E-state index contributed by atoms with van der Waals surface area (Å²) in [6.07, 6.45) is 1.56. The molecule has 28 heavy (non-hydrogen) atoms. The van der Waals surface area contributed by atoms with Crippen molar-refractivity contribution in [1.82, 2.24) is 14.8 Å². The van der Waals surface area contributed by atoms with Gasteiger partial charge in [-0.15, -0.1) is 10.2 Å². The van der Waals surface area contributed by atoms with E-state index in [2.05, 4.69) is 10.2 Å². The molecule has 0 aliphatic rings. The van der Waals surface area contributed by atoms with Crippen molar-refractivity contribution in [2.45, 2.75) is 32.5 Å². The van der Waals surface area contributed by atoms with Crippen LogP contribution in [0.5, 0.6) is 0 Å². The molecule has 0 bridgehead atoms. The minimum atomic E-state index is -1.11. The van der Waals surface area contributed by atoms with E-state index in [1.54, 1.807) is 19.9 Å². The van der Waals surface area contributed by atoms with E-state index >= 15 is 0 Å². The highest BCUT2D eigenvalue weighted by molar-refractivity contribution is 8.03. The lowest BCUT2D eigenvalue weighted by atomic mass is 10.1. The van der Waals surface area contributed by atoms with Gasteiger partial charge in [0, 0.05) is 29.1 Å². The van der Waals surface area contributed by atoms with Crippen LogP contribution in [-0.4, -0.2) is 38.4 Å². The van der Waals surface area contributed by atoms with Crippen molar-refractivity contribution in [3.63, 3.8) is 0 Å². The third kappa shape index (κ3) is 4.09. The van der Waals surface area contributed by atoms with E-state index in [-0.39, 0.29) is 22.6 Å². The maximum absolute atomic E-state index is 12.0. The number of carbonyl (C=O) groups is 2. The van der Waals surface area contributed by atoms with Crippen LogP contribution in [-0.2, 0) is 20.9 Å². The van der Waals surface area contributed by atoms with Gasteiger partial charge in [-0.25, -0.2) is 4.79 Å². The van der Waals surface area contributed by atoms with E-state index in [0.29, 0.717) is 18.1 Å². The Morgan fingerprint density at radius 3 is 2.68 bits per heavy atom. The molecule has 3 aromatic rings. The van der Waals surface area contributed by atoms with Crippen LogP contribution in [0.4, 0.5) is 0 Å². The lowest BCUT2D eigenvalue weighted by Gasteiger charge is -2.07. The summed E-state index contributed by atoms with van der Waals surface area (Å²) in [6, 6.07) is 7.50. The lowest BCUT2D eigenvalue weighted by Crippen LogP contribution is -2.14. The SMILES string of the molecule is CCOC(=O)Cn1c(C)c(/C=C(\Sc2nnc(C)o2)C(=O)O)c2ccccc21. The number of para-hydroxylation sites is 1. The molecular weight excluding hydrogens is 382 g/mol. The maximum atomic E-state index is 12.0. The standard InChI is InChI=1S/C19H19N3O5S/c1-4-26-17(23)10-22-11(2)14(13-7-5-6-8-15(13)22)9-16(18(24)25)28-19-21-20-12(3)27-19/h5-9H,4,10H2,1-3H3,(H,24,25)/b16-9-. The van der Waals surface area contributed by atoms with Crippen LogP contribution >= 0.6 is 11.8 Å². The highest BCUT2D eigenvalue weighted by Crippen LogP contribution is 2.32. The normalized spacial score (nSPS) is 11.8. The molecule has 0 radical (unpaired) electrons. The monoisotopic (exact) mass is 401 g/mol. The summed E-state index contributed by atoms with van der Waals surface area (Å²) >= 11 is 0.881. The summed E-state index contributed by atoms with van der Waals surface area (Å²) < 4.78 is 12.2. The number of nitrogens with zero attached hydrogens (tertiary/aromatic N) is 3. The smallest absolute Gasteiger partial charge is 0.342 e. The fraction of sp³-hybridized carbons (Fsp3) is 0.263. The van der Waals surface area contributed by atoms with Crippen molar-refractivity contribution >= 4 is 40.7 Å². The molecule has 8 nitrogen and oxygen atoms in total. The molecule has 1 aromatic carbocycles. The Morgan fingerprint density at radius 2 is 2.04 bits per heavy atom. The molecule has 0 saturated carbocycles. The second kappa shape index (κ2) is 8.30. The van der Waals surface area contributed by atoms with E-state index in [1.165, 1.54) is 0 Å². The van der Waals surface area contributed by atoms with Crippen LogP contribution in [0, 0.1) is 13.8 Å². The number of aromatic nitrogens is 3. The van der Waals surface area contributed by atoms with Gasteiger partial charge in [0.25, 0.3) is 5.22 Å². The highest BCUT2D eigenvalue weighted by Gasteiger charge is 2.19. The number of hydrogen-bond acceptors (Lipinski definition) is 7. The number of carbonyl (C=O) groups excluding carboxylic acids is 1. The largest absolute Gasteiger partial charge is 0.477 e. The number of esters is 1. The maximum Gasteiger partial charge on any atom is 0.342 e. The van der Waals surface area contributed by atoms with E-state index in [0.717, 1.165) is 28.4 Å². The summed E-state index contributed by atoms with van der Waals surface area (Å²) in [7, 11) is 0. The fourth-order valence-corrected chi connectivity index (χ4v) is 3.56. The number of rotatable bonds is 7. The highest BCUT2D eigenvalue weighted by atomic mass is 32.2. The zero-order chi connectivity index (χ0) is 20.3. The molecule has 2 aromatic heterocycles. The van der Waals surface area contributed by atoms with Crippen molar-refractivity contribution in [3.05, 3.63) is 46.3 Å². The summed E-state index contributed by atoms with van der Waals surface area (Å²) in [5.74, 6) is -1.10. The number of carboxylic acid groups (broad SMARTS) is 1. The van der Waals surface area contributed by atoms with Gasteiger partial charge in [0.05, 0.1) is 6.61 Å².